The molecule has 1 fully saturated rings. The fourth-order valence-corrected chi connectivity index (χ4v) is 4.47. The van der Waals surface area contributed by atoms with Crippen LogP contribution in [-0.4, -0.2) is 66.1 Å². The van der Waals surface area contributed by atoms with Crippen LogP contribution in [0, 0.1) is 0 Å². The molecule has 5 heteroatoms. The molecular weight excluding hydrogens is 338 g/mol. The zero-order valence-electron chi connectivity index (χ0n) is 16.8. The number of phenolic OH excluding ortho intramolecular Hbond substituents is 1. The molecule has 1 aromatic rings. The molecule has 0 saturated carbocycles. The number of nitrogens with zero attached hydrogens (tertiary/aromatic N) is 2. The molecule has 3 rings (SSSR count). The Bertz CT molecular complexity index is 620. The van der Waals surface area contributed by atoms with Gasteiger partial charge in [-0.2, -0.15) is 0 Å². The Hall–Kier alpha value is -1.59. The highest BCUT2D eigenvalue weighted by Crippen LogP contribution is 2.27. The van der Waals surface area contributed by atoms with Gasteiger partial charge in [-0.25, -0.2) is 0 Å². The number of hydrogen-bond acceptors (Lipinski definition) is 4. The van der Waals surface area contributed by atoms with E-state index >= 15 is 0 Å². The number of benzene rings is 1. The van der Waals surface area contributed by atoms with E-state index in [4.69, 9.17) is 0 Å². The van der Waals surface area contributed by atoms with Crippen LogP contribution < -0.4 is 5.32 Å². The fourth-order valence-electron chi connectivity index (χ4n) is 4.47. The molecule has 1 saturated heterocycles. The van der Waals surface area contributed by atoms with Crippen molar-refractivity contribution in [3.63, 3.8) is 0 Å². The average molecular weight is 374 g/mol. The van der Waals surface area contributed by atoms with Crippen LogP contribution in [0.5, 0.6) is 5.75 Å². The summed E-state index contributed by atoms with van der Waals surface area (Å²) in [5.74, 6) is 0.683. The maximum atomic E-state index is 12.1. The molecule has 1 heterocycles. The van der Waals surface area contributed by atoms with Crippen molar-refractivity contribution < 1.29 is 9.90 Å². The maximum Gasteiger partial charge on any atom is 0.223 e. The van der Waals surface area contributed by atoms with Gasteiger partial charge in [-0.1, -0.05) is 13.0 Å². The van der Waals surface area contributed by atoms with E-state index in [2.05, 4.69) is 23.2 Å². The summed E-state index contributed by atoms with van der Waals surface area (Å²) in [5.41, 5.74) is 2.71. The molecule has 0 aromatic heterocycles. The van der Waals surface area contributed by atoms with Gasteiger partial charge >= 0.3 is 0 Å². The molecule has 2 aliphatic rings. The maximum absolute atomic E-state index is 12.1. The molecule has 150 valence electrons. The third-order valence-electron chi connectivity index (χ3n) is 5.97. The fraction of sp³-hybridized carbons (Fsp3) is 0.682. The first-order valence-corrected chi connectivity index (χ1v) is 10.7. The lowest BCUT2D eigenvalue weighted by atomic mass is 9.87. The minimum Gasteiger partial charge on any atom is -0.508 e. The molecule has 0 spiro atoms. The number of rotatable bonds is 8. The van der Waals surface area contributed by atoms with E-state index in [9.17, 15) is 9.90 Å². The summed E-state index contributed by atoms with van der Waals surface area (Å²) in [6.45, 7) is 7.96. The van der Waals surface area contributed by atoms with Crippen LogP contribution in [-0.2, 0) is 17.6 Å². The summed E-state index contributed by atoms with van der Waals surface area (Å²) in [7, 11) is 0. The van der Waals surface area contributed by atoms with Crippen molar-refractivity contribution in [3.05, 3.63) is 29.3 Å². The number of phenols is 1. The molecule has 1 atom stereocenters. The van der Waals surface area contributed by atoms with Crippen LogP contribution in [0.4, 0.5) is 0 Å². The Balaban J connectivity index is 1.48. The van der Waals surface area contributed by atoms with E-state index in [0.717, 1.165) is 65.0 Å². The zero-order valence-corrected chi connectivity index (χ0v) is 16.8. The van der Waals surface area contributed by atoms with Gasteiger partial charge in [0.1, 0.15) is 5.75 Å². The van der Waals surface area contributed by atoms with Crippen molar-refractivity contribution in [1.29, 1.82) is 0 Å². The molecule has 1 unspecified atom stereocenters. The third-order valence-corrected chi connectivity index (χ3v) is 5.97. The van der Waals surface area contributed by atoms with Crippen LogP contribution in [0.3, 0.4) is 0 Å². The van der Waals surface area contributed by atoms with Crippen LogP contribution in [0.2, 0.25) is 0 Å². The van der Waals surface area contributed by atoms with Crippen molar-refractivity contribution in [2.75, 3.05) is 39.3 Å². The summed E-state index contributed by atoms with van der Waals surface area (Å²) in [6, 6.07) is 6.41. The van der Waals surface area contributed by atoms with Crippen LogP contribution >= 0.6 is 0 Å². The summed E-state index contributed by atoms with van der Waals surface area (Å²) >= 11 is 0. The first-order chi connectivity index (χ1) is 13.2. The van der Waals surface area contributed by atoms with Gasteiger partial charge in [0.05, 0.1) is 0 Å². The predicted octanol–water partition coefficient (Wildman–Crippen LogP) is 2.56. The zero-order chi connectivity index (χ0) is 19.1. The summed E-state index contributed by atoms with van der Waals surface area (Å²) < 4.78 is 0. The molecular formula is C22H35N3O2. The molecule has 1 aromatic carbocycles. The largest absolute Gasteiger partial charge is 0.508 e. The first kappa shape index (κ1) is 20.2. The quantitative estimate of drug-likeness (QED) is 0.688. The van der Waals surface area contributed by atoms with Crippen molar-refractivity contribution >= 4 is 5.91 Å². The van der Waals surface area contributed by atoms with E-state index in [0.29, 0.717) is 24.1 Å². The number of unbranched alkanes of at least 4 members (excludes halogenated alkanes) is 1. The average Bonchev–Trinajstić information content (AvgIpc) is 2.88. The van der Waals surface area contributed by atoms with Gasteiger partial charge in [-0.3, -0.25) is 4.79 Å². The minimum absolute atomic E-state index is 0.300. The number of amides is 1. The molecule has 0 bridgehead atoms. The van der Waals surface area contributed by atoms with E-state index in [1.54, 1.807) is 0 Å². The smallest absolute Gasteiger partial charge is 0.223 e. The van der Waals surface area contributed by atoms with Gasteiger partial charge in [0, 0.05) is 38.6 Å². The molecule has 27 heavy (non-hydrogen) atoms. The van der Waals surface area contributed by atoms with E-state index in [1.807, 2.05) is 17.0 Å². The second kappa shape index (κ2) is 10.1. The van der Waals surface area contributed by atoms with Crippen LogP contribution in [0.25, 0.3) is 0 Å². The molecule has 1 aliphatic heterocycles. The summed E-state index contributed by atoms with van der Waals surface area (Å²) in [5, 5.41) is 13.1. The van der Waals surface area contributed by atoms with E-state index in [-0.39, 0.29) is 0 Å². The van der Waals surface area contributed by atoms with Crippen molar-refractivity contribution in [2.24, 2.45) is 0 Å². The number of fused-ring (bicyclic) bond motifs is 1. The molecule has 0 radical (unpaired) electrons. The van der Waals surface area contributed by atoms with Gasteiger partial charge in [0.25, 0.3) is 0 Å². The Morgan fingerprint density at radius 3 is 2.93 bits per heavy atom. The Morgan fingerprint density at radius 1 is 1.19 bits per heavy atom. The number of aryl methyl sites for hydroxylation is 1. The minimum atomic E-state index is 0.300. The molecule has 1 aliphatic carbocycles. The third kappa shape index (κ3) is 5.69. The Morgan fingerprint density at radius 2 is 2.07 bits per heavy atom. The second-order valence-electron chi connectivity index (χ2n) is 7.97. The van der Waals surface area contributed by atoms with Crippen molar-refractivity contribution in [3.8, 4) is 5.75 Å². The van der Waals surface area contributed by atoms with E-state index < -0.39 is 0 Å². The van der Waals surface area contributed by atoms with Crippen molar-refractivity contribution in [2.45, 2.75) is 57.9 Å². The summed E-state index contributed by atoms with van der Waals surface area (Å²) in [4.78, 5) is 16.8. The highest BCUT2D eigenvalue weighted by atomic mass is 16.3. The molecule has 1 amide bonds. The molecule has 2 N–H and O–H groups in total. The van der Waals surface area contributed by atoms with Crippen molar-refractivity contribution in [1.82, 2.24) is 15.1 Å². The van der Waals surface area contributed by atoms with Gasteiger partial charge in [-0.15, -0.1) is 0 Å². The lowest BCUT2D eigenvalue weighted by Gasteiger charge is -2.35. The van der Waals surface area contributed by atoms with Gasteiger partial charge < -0.3 is 20.2 Å². The van der Waals surface area contributed by atoms with Gasteiger partial charge in [0.15, 0.2) is 0 Å². The standard InChI is InChI=1S/C22H35N3O2/c1-2-12-24(13-3-4-14-25-15-11-23-10-9-22(25)27)20-7-5-18-6-8-21(26)17-19(18)16-20/h6,8,17,20,23,26H,2-5,7,9-16H2,1H3. The highest BCUT2D eigenvalue weighted by molar-refractivity contribution is 5.76. The first-order valence-electron chi connectivity index (χ1n) is 10.7. The van der Waals surface area contributed by atoms with Gasteiger partial charge in [-0.05, 0) is 74.9 Å². The normalized spacial score (nSPS) is 20.6. The number of nitrogens with one attached hydrogen (secondary N) is 1. The monoisotopic (exact) mass is 373 g/mol. The number of carbonyl (C=O) groups is 1. The van der Waals surface area contributed by atoms with E-state index in [1.165, 1.54) is 24.0 Å². The van der Waals surface area contributed by atoms with Crippen LogP contribution in [0.1, 0.15) is 50.2 Å². The summed E-state index contributed by atoms with van der Waals surface area (Å²) in [6.07, 6.45) is 7.37. The second-order valence-corrected chi connectivity index (χ2v) is 7.97. The van der Waals surface area contributed by atoms with Crippen LogP contribution in [0.15, 0.2) is 18.2 Å². The lowest BCUT2D eigenvalue weighted by molar-refractivity contribution is -0.130. The number of hydrogen-bond donors (Lipinski definition) is 2. The predicted molar refractivity (Wildman–Crippen MR) is 109 cm³/mol. The SMILES string of the molecule is CCCN(CCCCN1CCNCCC1=O)C1CCc2ccc(O)cc2C1. The Labute approximate surface area is 163 Å². The number of aromatic hydroxyl groups is 1. The topological polar surface area (TPSA) is 55.8 Å². The number of carbonyl (C=O) groups excluding carboxylic acids is 1. The van der Waals surface area contributed by atoms with Gasteiger partial charge in [0.2, 0.25) is 5.91 Å². The molecule has 5 nitrogen and oxygen atoms in total. The Kier molecular flexibility index (Phi) is 7.53. The highest BCUT2D eigenvalue weighted by Gasteiger charge is 2.24. The lowest BCUT2D eigenvalue weighted by Crippen LogP contribution is -2.41.